The first-order valence-corrected chi connectivity index (χ1v) is 7.44. The molecule has 2 heterocycles. The third-order valence-electron chi connectivity index (χ3n) is 4.23. The van der Waals surface area contributed by atoms with Gasteiger partial charge < -0.3 is 10.2 Å². The van der Waals surface area contributed by atoms with Crippen molar-refractivity contribution in [2.75, 3.05) is 13.1 Å². The molecule has 3 amide bonds. The molecule has 2 unspecified atom stereocenters. The van der Waals surface area contributed by atoms with Gasteiger partial charge >= 0.3 is 0 Å². The van der Waals surface area contributed by atoms with Crippen LogP contribution in [0.3, 0.4) is 0 Å². The Hall–Kier alpha value is -1.43. The van der Waals surface area contributed by atoms with Crippen LogP contribution in [0.2, 0.25) is 0 Å². The first-order valence-electron chi connectivity index (χ1n) is 7.44. The van der Waals surface area contributed by atoms with Gasteiger partial charge in [0.15, 0.2) is 0 Å². The molecular formula is C14H23N3O3. The lowest BCUT2D eigenvalue weighted by atomic mass is 9.89. The van der Waals surface area contributed by atoms with E-state index in [0.717, 1.165) is 32.2 Å². The first-order chi connectivity index (χ1) is 9.54. The Morgan fingerprint density at radius 3 is 2.70 bits per heavy atom. The summed E-state index contributed by atoms with van der Waals surface area (Å²) in [7, 11) is 0. The van der Waals surface area contributed by atoms with Crippen LogP contribution in [0.4, 0.5) is 0 Å². The highest BCUT2D eigenvalue weighted by Gasteiger charge is 2.47. The van der Waals surface area contributed by atoms with Crippen LogP contribution < -0.4 is 10.6 Å². The average molecular weight is 281 g/mol. The van der Waals surface area contributed by atoms with Crippen LogP contribution in [0, 0.1) is 0 Å². The number of nitrogens with one attached hydrogen (secondary N) is 2. The standard InChI is InChI=1S/C14H23N3O3/c1-3-6-14(7-5-8-15-14)13(20)17-9-11(18)16-12(19)10(17)4-2/h10,15H,3-9H2,1-2H3,(H,16,18,19). The van der Waals surface area contributed by atoms with Crippen molar-refractivity contribution >= 4 is 17.7 Å². The van der Waals surface area contributed by atoms with E-state index in [1.54, 1.807) is 0 Å². The van der Waals surface area contributed by atoms with E-state index in [1.165, 1.54) is 4.90 Å². The number of imide groups is 1. The van der Waals surface area contributed by atoms with E-state index in [9.17, 15) is 14.4 Å². The molecule has 0 aromatic carbocycles. The van der Waals surface area contributed by atoms with Crippen molar-refractivity contribution < 1.29 is 14.4 Å². The molecule has 0 saturated carbocycles. The second-order valence-corrected chi connectivity index (χ2v) is 5.63. The normalized spacial score (nSPS) is 30.5. The Kier molecular flexibility index (Phi) is 4.42. The predicted octanol–water partition coefficient (Wildman–Crippen LogP) is 0.172. The molecule has 112 valence electrons. The molecule has 2 aliphatic heterocycles. The largest absolute Gasteiger partial charge is 0.320 e. The summed E-state index contributed by atoms with van der Waals surface area (Å²) in [6, 6.07) is -0.531. The molecule has 0 spiro atoms. The van der Waals surface area contributed by atoms with E-state index < -0.39 is 17.5 Å². The number of carbonyl (C=O) groups excluding carboxylic acids is 3. The molecular weight excluding hydrogens is 258 g/mol. The molecule has 2 aliphatic rings. The number of carbonyl (C=O) groups is 3. The number of rotatable bonds is 4. The molecule has 0 bridgehead atoms. The van der Waals surface area contributed by atoms with Crippen molar-refractivity contribution in [1.29, 1.82) is 0 Å². The van der Waals surface area contributed by atoms with Crippen LogP contribution in [-0.4, -0.2) is 47.3 Å². The van der Waals surface area contributed by atoms with Gasteiger partial charge in [0.25, 0.3) is 0 Å². The van der Waals surface area contributed by atoms with E-state index in [1.807, 2.05) is 13.8 Å². The Labute approximate surface area is 119 Å². The highest BCUT2D eigenvalue weighted by molar-refractivity contribution is 6.05. The number of amides is 3. The SMILES string of the molecule is CCCC1(C(=O)N2CC(=O)NC(=O)C2CC)CCCN1. The first kappa shape index (κ1) is 15.0. The van der Waals surface area contributed by atoms with E-state index in [2.05, 4.69) is 10.6 Å². The van der Waals surface area contributed by atoms with Crippen molar-refractivity contribution in [1.82, 2.24) is 15.5 Å². The van der Waals surface area contributed by atoms with Gasteiger partial charge in [-0.2, -0.15) is 0 Å². The minimum absolute atomic E-state index is 0.0176. The van der Waals surface area contributed by atoms with Gasteiger partial charge in [0, 0.05) is 0 Å². The van der Waals surface area contributed by atoms with E-state index >= 15 is 0 Å². The zero-order valence-corrected chi connectivity index (χ0v) is 12.2. The summed E-state index contributed by atoms with van der Waals surface area (Å²) in [5.74, 6) is -0.841. The molecule has 20 heavy (non-hydrogen) atoms. The fourth-order valence-electron chi connectivity index (χ4n) is 3.30. The maximum atomic E-state index is 12.9. The Balaban J connectivity index is 2.24. The molecule has 0 radical (unpaired) electrons. The van der Waals surface area contributed by atoms with Crippen molar-refractivity contribution in [3.63, 3.8) is 0 Å². The number of hydrogen-bond donors (Lipinski definition) is 2. The third kappa shape index (κ3) is 2.57. The minimum Gasteiger partial charge on any atom is -0.320 e. The van der Waals surface area contributed by atoms with Gasteiger partial charge in [0.1, 0.15) is 12.6 Å². The highest BCUT2D eigenvalue weighted by atomic mass is 16.2. The van der Waals surface area contributed by atoms with Crippen LogP contribution in [0.25, 0.3) is 0 Å². The molecule has 0 aromatic rings. The summed E-state index contributed by atoms with van der Waals surface area (Å²) in [4.78, 5) is 37.8. The summed E-state index contributed by atoms with van der Waals surface area (Å²) in [5.41, 5.74) is -0.583. The molecule has 2 fully saturated rings. The molecule has 2 rings (SSSR count). The zero-order chi connectivity index (χ0) is 14.8. The Bertz CT molecular complexity index is 416. The summed E-state index contributed by atoms with van der Waals surface area (Å²) >= 11 is 0. The number of nitrogens with zero attached hydrogens (tertiary/aromatic N) is 1. The van der Waals surface area contributed by atoms with Gasteiger partial charge in [-0.3, -0.25) is 19.7 Å². The summed E-state index contributed by atoms with van der Waals surface area (Å²) < 4.78 is 0. The molecule has 0 aromatic heterocycles. The monoisotopic (exact) mass is 281 g/mol. The molecule has 0 aliphatic carbocycles. The second-order valence-electron chi connectivity index (χ2n) is 5.63. The minimum atomic E-state index is -0.583. The quantitative estimate of drug-likeness (QED) is 0.720. The smallest absolute Gasteiger partial charge is 0.249 e. The maximum absolute atomic E-state index is 12.9. The predicted molar refractivity (Wildman–Crippen MR) is 73.8 cm³/mol. The van der Waals surface area contributed by atoms with Gasteiger partial charge in [-0.1, -0.05) is 20.3 Å². The molecule has 6 heteroatoms. The van der Waals surface area contributed by atoms with Crippen LogP contribution in [0.5, 0.6) is 0 Å². The van der Waals surface area contributed by atoms with Crippen molar-refractivity contribution in [2.45, 2.75) is 57.5 Å². The number of piperazine rings is 1. The van der Waals surface area contributed by atoms with Crippen molar-refractivity contribution in [3.8, 4) is 0 Å². The molecule has 2 saturated heterocycles. The molecule has 6 nitrogen and oxygen atoms in total. The second kappa shape index (κ2) is 5.91. The fourth-order valence-corrected chi connectivity index (χ4v) is 3.30. The van der Waals surface area contributed by atoms with Crippen molar-refractivity contribution in [2.24, 2.45) is 0 Å². The molecule has 2 N–H and O–H groups in total. The summed E-state index contributed by atoms with van der Waals surface area (Å²) in [6.45, 7) is 4.70. The van der Waals surface area contributed by atoms with E-state index in [0.29, 0.717) is 6.42 Å². The third-order valence-corrected chi connectivity index (χ3v) is 4.23. The van der Waals surface area contributed by atoms with Gasteiger partial charge in [-0.25, -0.2) is 0 Å². The van der Waals surface area contributed by atoms with Gasteiger partial charge in [0.05, 0.1) is 5.54 Å². The van der Waals surface area contributed by atoms with E-state index in [4.69, 9.17) is 0 Å². The van der Waals surface area contributed by atoms with Crippen LogP contribution in [0.15, 0.2) is 0 Å². The van der Waals surface area contributed by atoms with E-state index in [-0.39, 0.29) is 18.4 Å². The lowest BCUT2D eigenvalue weighted by molar-refractivity contribution is -0.153. The zero-order valence-electron chi connectivity index (χ0n) is 12.2. The average Bonchev–Trinajstić information content (AvgIpc) is 2.87. The Morgan fingerprint density at radius 1 is 1.40 bits per heavy atom. The summed E-state index contributed by atoms with van der Waals surface area (Å²) in [5, 5.41) is 5.62. The van der Waals surface area contributed by atoms with Gasteiger partial charge in [0.2, 0.25) is 17.7 Å². The number of hydrogen-bond acceptors (Lipinski definition) is 4. The Morgan fingerprint density at radius 2 is 2.15 bits per heavy atom. The van der Waals surface area contributed by atoms with Crippen LogP contribution in [-0.2, 0) is 14.4 Å². The molecule has 2 atom stereocenters. The van der Waals surface area contributed by atoms with Crippen LogP contribution in [0.1, 0.15) is 46.0 Å². The van der Waals surface area contributed by atoms with Gasteiger partial charge in [-0.15, -0.1) is 0 Å². The topological polar surface area (TPSA) is 78.5 Å². The summed E-state index contributed by atoms with van der Waals surface area (Å²) in [6.07, 6.45) is 3.89. The maximum Gasteiger partial charge on any atom is 0.249 e. The highest BCUT2D eigenvalue weighted by Crippen LogP contribution is 2.28. The van der Waals surface area contributed by atoms with Gasteiger partial charge in [-0.05, 0) is 32.2 Å². The van der Waals surface area contributed by atoms with Crippen molar-refractivity contribution in [3.05, 3.63) is 0 Å². The fraction of sp³-hybridized carbons (Fsp3) is 0.786. The van der Waals surface area contributed by atoms with Crippen LogP contribution >= 0.6 is 0 Å². The lowest BCUT2D eigenvalue weighted by Crippen LogP contribution is -2.65. The lowest BCUT2D eigenvalue weighted by Gasteiger charge is -2.39.